The van der Waals surface area contributed by atoms with Crippen molar-refractivity contribution in [3.05, 3.63) is 29.8 Å². The molecule has 0 saturated heterocycles. The van der Waals surface area contributed by atoms with E-state index in [1.165, 1.54) is 0 Å². The summed E-state index contributed by atoms with van der Waals surface area (Å²) >= 11 is 0. The van der Waals surface area contributed by atoms with Crippen LogP contribution in [0.3, 0.4) is 0 Å². The molecule has 1 aromatic rings. The maximum atomic E-state index is 9.00. The van der Waals surface area contributed by atoms with Crippen molar-refractivity contribution in [3.63, 3.8) is 0 Å². The van der Waals surface area contributed by atoms with Gasteiger partial charge in [0.05, 0.1) is 18.2 Å². The average molecular weight is 218 g/mol. The highest BCUT2D eigenvalue weighted by atomic mass is 16.3. The van der Waals surface area contributed by atoms with Crippen molar-refractivity contribution >= 4 is 5.69 Å². The molecule has 0 aliphatic heterocycles. The summed E-state index contributed by atoms with van der Waals surface area (Å²) in [5.41, 5.74) is 1.74. The summed E-state index contributed by atoms with van der Waals surface area (Å²) in [7, 11) is 0. The molecule has 0 radical (unpaired) electrons. The molecule has 0 aliphatic rings. The van der Waals surface area contributed by atoms with Crippen LogP contribution < -0.4 is 4.90 Å². The second-order valence-corrected chi connectivity index (χ2v) is 3.72. The number of aliphatic hydroxyl groups is 1. The van der Waals surface area contributed by atoms with Crippen molar-refractivity contribution in [2.24, 2.45) is 0 Å². The van der Waals surface area contributed by atoms with Gasteiger partial charge in [-0.3, -0.25) is 0 Å². The lowest BCUT2D eigenvalue weighted by molar-refractivity contribution is 0.301. The van der Waals surface area contributed by atoms with Gasteiger partial charge in [-0.2, -0.15) is 5.26 Å². The van der Waals surface area contributed by atoms with Crippen molar-refractivity contribution in [2.75, 3.05) is 24.6 Å². The Hall–Kier alpha value is -1.53. The van der Waals surface area contributed by atoms with E-state index in [9.17, 15) is 0 Å². The molecule has 0 amide bonds. The Bertz CT molecular complexity index is 340. The topological polar surface area (TPSA) is 47.3 Å². The zero-order valence-electron chi connectivity index (χ0n) is 9.69. The molecule has 0 fully saturated rings. The van der Waals surface area contributed by atoms with Gasteiger partial charge < -0.3 is 10.0 Å². The van der Waals surface area contributed by atoms with Gasteiger partial charge in [-0.25, -0.2) is 0 Å². The maximum absolute atomic E-state index is 9.00. The van der Waals surface area contributed by atoms with Gasteiger partial charge in [0.2, 0.25) is 0 Å². The molecule has 0 heterocycles. The molecule has 16 heavy (non-hydrogen) atoms. The van der Waals surface area contributed by atoms with Gasteiger partial charge in [0.15, 0.2) is 0 Å². The highest BCUT2D eigenvalue weighted by molar-refractivity contribution is 5.49. The van der Waals surface area contributed by atoms with E-state index in [0.29, 0.717) is 12.1 Å². The molecule has 1 rings (SSSR count). The summed E-state index contributed by atoms with van der Waals surface area (Å²) in [5, 5.41) is 17.7. The van der Waals surface area contributed by atoms with Crippen LogP contribution in [0.4, 0.5) is 5.69 Å². The summed E-state index contributed by atoms with van der Waals surface area (Å²) < 4.78 is 0. The van der Waals surface area contributed by atoms with E-state index in [1.54, 1.807) is 0 Å². The van der Waals surface area contributed by atoms with E-state index in [2.05, 4.69) is 17.9 Å². The summed E-state index contributed by atoms with van der Waals surface area (Å²) in [4.78, 5) is 2.14. The van der Waals surface area contributed by atoms with Crippen LogP contribution in [0.1, 0.15) is 25.3 Å². The molecule has 86 valence electrons. The average Bonchev–Trinajstić information content (AvgIpc) is 2.35. The fraction of sp³-hybridized carbons (Fsp3) is 0.462. The first-order valence-electron chi connectivity index (χ1n) is 5.67. The van der Waals surface area contributed by atoms with E-state index >= 15 is 0 Å². The minimum absolute atomic E-state index is 0.156. The summed E-state index contributed by atoms with van der Waals surface area (Å²) in [6, 6.07) is 9.59. The lowest BCUT2D eigenvalue weighted by Gasteiger charge is -2.23. The highest BCUT2D eigenvalue weighted by Crippen LogP contribution is 2.15. The fourth-order valence-electron chi connectivity index (χ4n) is 1.59. The molecule has 3 heteroatoms. The first-order valence-corrected chi connectivity index (χ1v) is 5.67. The van der Waals surface area contributed by atoms with Crippen LogP contribution in [0.15, 0.2) is 24.3 Å². The molecule has 1 N–H and O–H groups in total. The molecular weight excluding hydrogens is 200 g/mol. The van der Waals surface area contributed by atoms with Crippen LogP contribution in [-0.4, -0.2) is 24.8 Å². The SMILES string of the molecule is CCCCN(CCO)c1ccc(C#N)cc1. The standard InChI is InChI=1S/C13H18N2O/c1-2-3-8-15(9-10-16)13-6-4-12(11-14)5-7-13/h4-7,16H,2-3,8-10H2,1H3. The smallest absolute Gasteiger partial charge is 0.0991 e. The van der Waals surface area contributed by atoms with Gasteiger partial charge in [-0.05, 0) is 30.7 Å². The molecule has 0 bridgehead atoms. The van der Waals surface area contributed by atoms with Gasteiger partial charge in [0, 0.05) is 18.8 Å². The Kier molecular flexibility index (Phi) is 5.38. The molecule has 1 aromatic carbocycles. The minimum atomic E-state index is 0.156. The molecular formula is C13H18N2O. The quantitative estimate of drug-likeness (QED) is 0.796. The third-order valence-electron chi connectivity index (χ3n) is 2.51. The second-order valence-electron chi connectivity index (χ2n) is 3.72. The van der Waals surface area contributed by atoms with E-state index in [4.69, 9.17) is 10.4 Å². The van der Waals surface area contributed by atoms with Crippen molar-refractivity contribution in [1.29, 1.82) is 5.26 Å². The van der Waals surface area contributed by atoms with E-state index < -0.39 is 0 Å². The Morgan fingerprint density at radius 3 is 2.44 bits per heavy atom. The largest absolute Gasteiger partial charge is 0.395 e. The van der Waals surface area contributed by atoms with Gasteiger partial charge in [-0.15, -0.1) is 0 Å². The van der Waals surface area contributed by atoms with Crippen molar-refractivity contribution in [3.8, 4) is 6.07 Å². The highest BCUT2D eigenvalue weighted by Gasteiger charge is 2.04. The molecule has 0 unspecified atom stereocenters. The first-order chi connectivity index (χ1) is 7.81. The number of rotatable bonds is 6. The van der Waals surface area contributed by atoms with Crippen LogP contribution in [0.25, 0.3) is 0 Å². The fourth-order valence-corrected chi connectivity index (χ4v) is 1.59. The molecule has 0 saturated carbocycles. The zero-order chi connectivity index (χ0) is 11.8. The minimum Gasteiger partial charge on any atom is -0.395 e. The second kappa shape index (κ2) is 6.86. The number of unbranched alkanes of at least 4 members (excludes halogenated alkanes) is 1. The lowest BCUT2D eigenvalue weighted by atomic mass is 10.2. The Balaban J connectivity index is 2.72. The number of nitriles is 1. The Labute approximate surface area is 96.9 Å². The van der Waals surface area contributed by atoms with E-state index in [1.807, 2.05) is 24.3 Å². The van der Waals surface area contributed by atoms with Gasteiger partial charge in [0.25, 0.3) is 0 Å². The summed E-state index contributed by atoms with van der Waals surface area (Å²) in [6.45, 7) is 3.90. The van der Waals surface area contributed by atoms with Crippen LogP contribution >= 0.6 is 0 Å². The van der Waals surface area contributed by atoms with E-state index in [0.717, 1.165) is 25.1 Å². The van der Waals surface area contributed by atoms with Gasteiger partial charge in [-0.1, -0.05) is 13.3 Å². The predicted molar refractivity (Wildman–Crippen MR) is 65.4 cm³/mol. The number of hydrogen-bond donors (Lipinski definition) is 1. The third-order valence-corrected chi connectivity index (χ3v) is 2.51. The molecule has 3 nitrogen and oxygen atoms in total. The number of anilines is 1. The molecule has 0 aromatic heterocycles. The summed E-state index contributed by atoms with van der Waals surface area (Å²) in [6.07, 6.45) is 2.25. The number of hydrogen-bond acceptors (Lipinski definition) is 3. The number of benzene rings is 1. The Morgan fingerprint density at radius 1 is 1.25 bits per heavy atom. The molecule has 0 atom stereocenters. The molecule has 0 aliphatic carbocycles. The number of nitrogens with zero attached hydrogens (tertiary/aromatic N) is 2. The zero-order valence-corrected chi connectivity index (χ0v) is 9.69. The predicted octanol–water partition coefficient (Wildman–Crippen LogP) is 2.16. The summed E-state index contributed by atoms with van der Waals surface area (Å²) in [5.74, 6) is 0. The van der Waals surface area contributed by atoms with Crippen molar-refractivity contribution < 1.29 is 5.11 Å². The Morgan fingerprint density at radius 2 is 1.94 bits per heavy atom. The van der Waals surface area contributed by atoms with Crippen LogP contribution in [0, 0.1) is 11.3 Å². The van der Waals surface area contributed by atoms with Crippen LogP contribution in [-0.2, 0) is 0 Å². The lowest BCUT2D eigenvalue weighted by Crippen LogP contribution is -2.27. The normalized spacial score (nSPS) is 9.81. The van der Waals surface area contributed by atoms with Gasteiger partial charge in [0.1, 0.15) is 0 Å². The third kappa shape index (κ3) is 3.56. The van der Waals surface area contributed by atoms with Crippen molar-refractivity contribution in [1.82, 2.24) is 0 Å². The maximum Gasteiger partial charge on any atom is 0.0991 e. The van der Waals surface area contributed by atoms with E-state index in [-0.39, 0.29) is 6.61 Å². The first kappa shape index (κ1) is 12.5. The van der Waals surface area contributed by atoms with Gasteiger partial charge >= 0.3 is 0 Å². The van der Waals surface area contributed by atoms with Crippen molar-refractivity contribution in [2.45, 2.75) is 19.8 Å². The molecule has 0 spiro atoms. The van der Waals surface area contributed by atoms with Crippen LogP contribution in [0.2, 0.25) is 0 Å². The number of aliphatic hydroxyl groups excluding tert-OH is 1. The van der Waals surface area contributed by atoms with Crippen LogP contribution in [0.5, 0.6) is 0 Å². The monoisotopic (exact) mass is 218 g/mol.